The van der Waals surface area contributed by atoms with Gasteiger partial charge < -0.3 is 5.73 Å². The molecule has 0 spiro atoms. The molecule has 0 aromatic heterocycles. The molecule has 124 valence electrons. The Hall–Kier alpha value is -2.45. The first-order chi connectivity index (χ1) is 11.7. The maximum atomic E-state index is 10.3. The number of allylic oxidation sites excluding steroid dienone is 4. The highest BCUT2D eigenvalue weighted by atomic mass is 16.1. The summed E-state index contributed by atoms with van der Waals surface area (Å²) in [6.45, 7) is 2.94. The van der Waals surface area contributed by atoms with Crippen molar-refractivity contribution in [1.82, 2.24) is 0 Å². The van der Waals surface area contributed by atoms with E-state index in [2.05, 4.69) is 55.5 Å². The lowest BCUT2D eigenvalue weighted by Gasteiger charge is -2.10. The number of ketones is 1. The molecule has 3 rings (SSSR count). The van der Waals surface area contributed by atoms with Gasteiger partial charge in [-0.05, 0) is 41.6 Å². The molecule has 0 saturated carbocycles. The molecule has 0 radical (unpaired) electrons. The fraction of sp³-hybridized carbons (Fsp3) is 0.227. The van der Waals surface area contributed by atoms with Crippen LogP contribution in [0, 0.1) is 5.92 Å². The van der Waals surface area contributed by atoms with E-state index >= 15 is 0 Å². The maximum absolute atomic E-state index is 10.3. The molecule has 1 aliphatic carbocycles. The summed E-state index contributed by atoms with van der Waals surface area (Å²) in [6.07, 6.45) is 8.70. The third kappa shape index (κ3) is 5.98. The first kappa shape index (κ1) is 17.9. The fourth-order valence-corrected chi connectivity index (χ4v) is 2.49. The summed E-state index contributed by atoms with van der Waals surface area (Å²) in [5.74, 6) is 0.739. The van der Waals surface area contributed by atoms with Crippen LogP contribution in [0.5, 0.6) is 0 Å². The van der Waals surface area contributed by atoms with Crippen molar-refractivity contribution < 1.29 is 4.79 Å². The molecule has 0 bridgehead atoms. The van der Waals surface area contributed by atoms with Crippen LogP contribution in [0.3, 0.4) is 0 Å². The van der Waals surface area contributed by atoms with Crippen molar-refractivity contribution in [1.29, 1.82) is 0 Å². The van der Waals surface area contributed by atoms with Crippen molar-refractivity contribution >= 4 is 5.78 Å². The quantitative estimate of drug-likeness (QED) is 0.897. The minimum atomic E-state index is 0.197. The van der Waals surface area contributed by atoms with Crippen molar-refractivity contribution in [2.45, 2.75) is 19.8 Å². The molecule has 24 heavy (non-hydrogen) atoms. The lowest BCUT2D eigenvalue weighted by molar-refractivity contribution is -0.113. The van der Waals surface area contributed by atoms with Crippen LogP contribution in [0.4, 0.5) is 0 Å². The summed E-state index contributed by atoms with van der Waals surface area (Å²) in [6, 6.07) is 19.2. The van der Waals surface area contributed by atoms with E-state index in [9.17, 15) is 4.79 Å². The van der Waals surface area contributed by atoms with Gasteiger partial charge >= 0.3 is 0 Å². The number of hydrogen-bond acceptors (Lipinski definition) is 2. The van der Waals surface area contributed by atoms with Crippen LogP contribution in [0.25, 0.3) is 11.1 Å². The third-order valence-electron chi connectivity index (χ3n) is 3.87. The molecule has 1 aliphatic rings. The van der Waals surface area contributed by atoms with Crippen LogP contribution in [0.15, 0.2) is 78.9 Å². The standard InChI is InChI=1S/C16H19N.C6H6O/c1-13(12-17)10-14-6-5-9-16(11-14)15-7-3-2-4-8-15;7-6-4-2-1-3-5-6/h2-9,11,13H,10,12,17H2,1H3;1-4H,5H2. The van der Waals surface area contributed by atoms with E-state index in [0.29, 0.717) is 12.3 Å². The average molecular weight is 319 g/mol. The molecule has 1 unspecified atom stereocenters. The van der Waals surface area contributed by atoms with Gasteiger partial charge in [-0.2, -0.15) is 0 Å². The van der Waals surface area contributed by atoms with Gasteiger partial charge in [0.25, 0.3) is 0 Å². The molecule has 0 saturated heterocycles. The van der Waals surface area contributed by atoms with E-state index in [1.807, 2.05) is 18.2 Å². The molecule has 2 N–H and O–H groups in total. The minimum absolute atomic E-state index is 0.197. The Balaban J connectivity index is 0.000000249. The van der Waals surface area contributed by atoms with E-state index in [4.69, 9.17) is 5.73 Å². The summed E-state index contributed by atoms with van der Waals surface area (Å²) < 4.78 is 0. The SMILES string of the molecule is CC(CN)Cc1cccc(-c2ccccc2)c1.O=C1C=CC=CC1. The highest BCUT2D eigenvalue weighted by molar-refractivity contribution is 5.92. The summed E-state index contributed by atoms with van der Waals surface area (Å²) in [5, 5.41) is 0. The second-order valence-corrected chi connectivity index (χ2v) is 6.07. The van der Waals surface area contributed by atoms with Crippen LogP contribution >= 0.6 is 0 Å². The minimum Gasteiger partial charge on any atom is -0.330 e. The van der Waals surface area contributed by atoms with Gasteiger partial charge in [0.15, 0.2) is 5.78 Å². The summed E-state index contributed by atoms with van der Waals surface area (Å²) in [4.78, 5) is 10.3. The molecule has 1 atom stereocenters. The van der Waals surface area contributed by atoms with Gasteiger partial charge in [-0.25, -0.2) is 0 Å². The van der Waals surface area contributed by atoms with Crippen LogP contribution in [0.1, 0.15) is 18.9 Å². The van der Waals surface area contributed by atoms with Crippen molar-refractivity contribution in [2.24, 2.45) is 11.7 Å². The van der Waals surface area contributed by atoms with Gasteiger partial charge in [-0.15, -0.1) is 0 Å². The van der Waals surface area contributed by atoms with Gasteiger partial charge in [-0.3, -0.25) is 4.79 Å². The highest BCUT2D eigenvalue weighted by Gasteiger charge is 2.03. The van der Waals surface area contributed by atoms with Crippen LogP contribution in [-0.2, 0) is 11.2 Å². The Labute approximate surface area is 144 Å². The van der Waals surface area contributed by atoms with E-state index in [1.165, 1.54) is 16.7 Å². The molecule has 2 heteroatoms. The van der Waals surface area contributed by atoms with Gasteiger partial charge in [0, 0.05) is 6.42 Å². The zero-order chi connectivity index (χ0) is 17.2. The van der Waals surface area contributed by atoms with Crippen molar-refractivity contribution in [3.8, 4) is 11.1 Å². The maximum Gasteiger partial charge on any atom is 0.159 e. The molecule has 2 aromatic carbocycles. The van der Waals surface area contributed by atoms with Gasteiger partial charge in [0.1, 0.15) is 0 Å². The van der Waals surface area contributed by atoms with Crippen molar-refractivity contribution in [2.75, 3.05) is 6.54 Å². The Kier molecular flexibility index (Phi) is 7.19. The molecule has 0 heterocycles. The average Bonchev–Trinajstić information content (AvgIpc) is 2.64. The zero-order valence-electron chi connectivity index (χ0n) is 14.2. The summed E-state index contributed by atoms with van der Waals surface area (Å²) in [7, 11) is 0. The number of benzene rings is 2. The Morgan fingerprint density at radius 1 is 1.00 bits per heavy atom. The van der Waals surface area contributed by atoms with E-state index in [1.54, 1.807) is 12.2 Å². The lowest BCUT2D eigenvalue weighted by Crippen LogP contribution is -2.13. The Morgan fingerprint density at radius 2 is 1.75 bits per heavy atom. The topological polar surface area (TPSA) is 43.1 Å². The molecular formula is C22H25NO. The number of carbonyl (C=O) groups excluding carboxylic acids is 1. The van der Waals surface area contributed by atoms with E-state index in [0.717, 1.165) is 13.0 Å². The predicted octanol–water partition coefficient (Wildman–Crippen LogP) is 4.56. The largest absolute Gasteiger partial charge is 0.330 e. The van der Waals surface area contributed by atoms with Crippen LogP contribution < -0.4 is 5.73 Å². The lowest BCUT2D eigenvalue weighted by atomic mass is 9.97. The normalized spacial score (nSPS) is 14.0. The van der Waals surface area contributed by atoms with E-state index in [-0.39, 0.29) is 5.78 Å². The first-order valence-electron chi connectivity index (χ1n) is 8.39. The summed E-state index contributed by atoms with van der Waals surface area (Å²) in [5.41, 5.74) is 9.59. The van der Waals surface area contributed by atoms with Gasteiger partial charge in [0.2, 0.25) is 0 Å². The molecular weight excluding hydrogens is 294 g/mol. The molecule has 2 nitrogen and oxygen atoms in total. The third-order valence-corrected chi connectivity index (χ3v) is 3.87. The Morgan fingerprint density at radius 3 is 2.33 bits per heavy atom. The van der Waals surface area contributed by atoms with E-state index < -0.39 is 0 Å². The van der Waals surface area contributed by atoms with Crippen molar-refractivity contribution in [3.05, 3.63) is 84.5 Å². The number of hydrogen-bond donors (Lipinski definition) is 1. The van der Waals surface area contributed by atoms with Gasteiger partial charge in [-0.1, -0.05) is 79.7 Å². The highest BCUT2D eigenvalue weighted by Crippen LogP contribution is 2.21. The summed E-state index contributed by atoms with van der Waals surface area (Å²) >= 11 is 0. The number of rotatable bonds is 4. The molecule has 0 amide bonds. The number of nitrogens with two attached hydrogens (primary N) is 1. The van der Waals surface area contributed by atoms with Crippen molar-refractivity contribution in [3.63, 3.8) is 0 Å². The monoisotopic (exact) mass is 319 g/mol. The first-order valence-corrected chi connectivity index (χ1v) is 8.39. The van der Waals surface area contributed by atoms with Crippen LogP contribution in [0.2, 0.25) is 0 Å². The predicted molar refractivity (Wildman–Crippen MR) is 102 cm³/mol. The van der Waals surface area contributed by atoms with Gasteiger partial charge in [0.05, 0.1) is 0 Å². The molecule has 2 aromatic rings. The smallest absolute Gasteiger partial charge is 0.159 e. The molecule has 0 aliphatic heterocycles. The molecule has 0 fully saturated rings. The Bertz CT molecular complexity index is 701. The second kappa shape index (κ2) is 9.64. The fourth-order valence-electron chi connectivity index (χ4n) is 2.49. The van der Waals surface area contributed by atoms with Crippen LogP contribution in [-0.4, -0.2) is 12.3 Å². The second-order valence-electron chi connectivity index (χ2n) is 6.07. The zero-order valence-corrected chi connectivity index (χ0v) is 14.2. The number of carbonyl (C=O) groups is 1.